The monoisotopic (exact) mass is 216 g/mol. The van der Waals surface area contributed by atoms with E-state index in [-0.39, 0.29) is 16.7 Å². The number of hydrogen-bond donors (Lipinski definition) is 4. The van der Waals surface area contributed by atoms with Gasteiger partial charge < -0.3 is 16.9 Å². The van der Waals surface area contributed by atoms with Crippen LogP contribution in [0.4, 0.5) is 17.3 Å². The Bertz CT molecular complexity index is 368. The number of anilines is 3. The van der Waals surface area contributed by atoms with Crippen LogP contribution in [0.5, 0.6) is 0 Å². The Morgan fingerprint density at radius 1 is 1.36 bits per heavy atom. The van der Waals surface area contributed by atoms with Gasteiger partial charge in [0.15, 0.2) is 11.6 Å². The molecule has 0 amide bonds. The Morgan fingerprint density at radius 3 is 2.50 bits per heavy atom. The molecule has 6 N–H and O–H groups in total. The summed E-state index contributed by atoms with van der Waals surface area (Å²) >= 11 is 0. The van der Waals surface area contributed by atoms with Crippen molar-refractivity contribution in [1.29, 1.82) is 0 Å². The van der Waals surface area contributed by atoms with Gasteiger partial charge >= 0.3 is 0 Å². The molecule has 78 valence electrons. The van der Waals surface area contributed by atoms with Crippen LogP contribution in [0.1, 0.15) is 0 Å². The Balaban J connectivity index is 3.20. The normalized spacial score (nSPS) is 12.4. The fourth-order valence-corrected chi connectivity index (χ4v) is 1.25. The summed E-state index contributed by atoms with van der Waals surface area (Å²) in [5, 5.41) is 0.148. The van der Waals surface area contributed by atoms with E-state index in [1.165, 1.54) is 6.26 Å². The zero-order valence-electron chi connectivity index (χ0n) is 7.87. The maximum atomic E-state index is 11.1. The van der Waals surface area contributed by atoms with Gasteiger partial charge in [-0.15, -0.1) is 0 Å². The van der Waals surface area contributed by atoms with Gasteiger partial charge in [0.1, 0.15) is 5.69 Å². The molecule has 0 fully saturated rings. The van der Waals surface area contributed by atoms with Crippen molar-refractivity contribution in [3.63, 3.8) is 0 Å². The molecule has 0 bridgehead atoms. The van der Waals surface area contributed by atoms with E-state index in [0.717, 1.165) is 0 Å². The highest BCUT2D eigenvalue weighted by Gasteiger charge is 2.10. The first-order chi connectivity index (χ1) is 6.56. The predicted octanol–water partition coefficient (Wildman–Crippen LogP) is -1.08. The highest BCUT2D eigenvalue weighted by atomic mass is 32.2. The van der Waals surface area contributed by atoms with Crippen LogP contribution < -0.4 is 22.3 Å². The second-order valence-electron chi connectivity index (χ2n) is 2.48. The molecular weight excluding hydrogens is 204 g/mol. The average Bonchev–Trinajstić information content (AvgIpc) is 2.12. The number of nitrogens with two attached hydrogens (primary N) is 2. The van der Waals surface area contributed by atoms with Gasteiger partial charge in [-0.2, -0.15) is 4.98 Å². The van der Waals surface area contributed by atoms with E-state index in [1.54, 1.807) is 7.05 Å². The first kappa shape index (κ1) is 10.7. The van der Waals surface area contributed by atoms with E-state index in [9.17, 15) is 4.21 Å². The minimum atomic E-state index is -1.29. The molecule has 1 unspecified atom stereocenters. The molecule has 0 aromatic carbocycles. The summed E-state index contributed by atoms with van der Waals surface area (Å²) in [6.45, 7) is 0. The van der Waals surface area contributed by atoms with Crippen LogP contribution in [0.3, 0.4) is 0 Å². The van der Waals surface area contributed by atoms with Crippen molar-refractivity contribution in [2.75, 3.05) is 30.2 Å². The van der Waals surface area contributed by atoms with Crippen LogP contribution in [0.25, 0.3) is 0 Å². The summed E-state index contributed by atoms with van der Waals surface area (Å²) in [6.07, 6.45) is 1.47. The third-order valence-corrected chi connectivity index (χ3v) is 2.15. The number of rotatable bonds is 3. The molecule has 14 heavy (non-hydrogen) atoms. The number of nitrogen functional groups attached to an aromatic ring is 2. The fraction of sp³-hybridized carbons (Fsp3) is 0.333. The largest absolute Gasteiger partial charge is 0.393 e. The number of nitrogens with zero attached hydrogens (tertiary/aromatic N) is 2. The van der Waals surface area contributed by atoms with Gasteiger partial charge in [-0.1, -0.05) is 0 Å². The van der Waals surface area contributed by atoms with Crippen LogP contribution in [0.15, 0.2) is 5.16 Å². The third kappa shape index (κ3) is 2.09. The van der Waals surface area contributed by atoms with Crippen molar-refractivity contribution in [3.05, 3.63) is 0 Å². The zero-order valence-corrected chi connectivity index (χ0v) is 8.68. The van der Waals surface area contributed by atoms with Gasteiger partial charge in [-0.25, -0.2) is 10.4 Å². The summed E-state index contributed by atoms with van der Waals surface area (Å²) in [5.74, 6) is 0.438. The van der Waals surface area contributed by atoms with Crippen molar-refractivity contribution in [2.45, 2.75) is 5.16 Å². The minimum absolute atomic E-state index is 0.114. The maximum absolute atomic E-state index is 11.1. The van der Waals surface area contributed by atoms with E-state index in [4.69, 9.17) is 11.5 Å². The molecule has 0 aliphatic rings. The summed E-state index contributed by atoms with van der Waals surface area (Å²) < 4.78 is 11.1. The standard InChI is InChI=1S/C6H12N6OS/c1-9-12-5-3(7)4(8)10-6(11-5)14(2)13/h9H,7H2,1-2H3,(H3,8,10,11,12). The zero-order chi connectivity index (χ0) is 10.7. The summed E-state index contributed by atoms with van der Waals surface area (Å²) in [7, 11) is 0.366. The van der Waals surface area contributed by atoms with Gasteiger partial charge in [-0.05, 0) is 0 Å². The van der Waals surface area contributed by atoms with Crippen LogP contribution in [-0.2, 0) is 10.8 Å². The summed E-state index contributed by atoms with van der Waals surface area (Å²) in [4.78, 5) is 7.72. The average molecular weight is 216 g/mol. The number of hydrogen-bond acceptors (Lipinski definition) is 7. The van der Waals surface area contributed by atoms with Crippen molar-refractivity contribution in [3.8, 4) is 0 Å². The minimum Gasteiger partial charge on any atom is -0.393 e. The SMILES string of the molecule is CNNc1nc(S(C)=O)nc(N)c1N. The lowest BCUT2D eigenvalue weighted by molar-refractivity contribution is 0.680. The van der Waals surface area contributed by atoms with E-state index < -0.39 is 10.8 Å². The van der Waals surface area contributed by atoms with Gasteiger partial charge in [-0.3, -0.25) is 4.21 Å². The van der Waals surface area contributed by atoms with Gasteiger partial charge in [0.25, 0.3) is 0 Å². The molecule has 1 rings (SSSR count). The highest BCUT2D eigenvalue weighted by Crippen LogP contribution is 2.21. The highest BCUT2D eigenvalue weighted by molar-refractivity contribution is 7.84. The Morgan fingerprint density at radius 2 is 2.00 bits per heavy atom. The van der Waals surface area contributed by atoms with Crippen LogP contribution >= 0.6 is 0 Å². The second-order valence-corrected chi connectivity index (χ2v) is 3.76. The van der Waals surface area contributed by atoms with E-state index in [1.807, 2.05) is 0 Å². The third-order valence-electron chi connectivity index (χ3n) is 1.46. The Hall–Kier alpha value is -1.41. The second kappa shape index (κ2) is 4.20. The fourth-order valence-electron chi connectivity index (χ4n) is 0.808. The number of nitrogens with one attached hydrogen (secondary N) is 2. The molecule has 1 aromatic rings. The molecule has 0 aliphatic carbocycles. The molecule has 1 atom stereocenters. The van der Waals surface area contributed by atoms with Crippen molar-refractivity contribution in [2.24, 2.45) is 0 Å². The summed E-state index contributed by atoms with van der Waals surface area (Å²) in [6, 6.07) is 0. The lowest BCUT2D eigenvalue weighted by atomic mass is 10.4. The Labute approximate surface area is 83.7 Å². The molecule has 0 spiro atoms. The first-order valence-electron chi connectivity index (χ1n) is 3.75. The molecule has 1 aromatic heterocycles. The number of hydrazine groups is 1. The van der Waals surface area contributed by atoms with Gasteiger partial charge in [0.2, 0.25) is 5.16 Å². The van der Waals surface area contributed by atoms with E-state index >= 15 is 0 Å². The smallest absolute Gasteiger partial charge is 0.222 e. The molecule has 0 radical (unpaired) electrons. The van der Waals surface area contributed by atoms with Crippen LogP contribution in [-0.4, -0.2) is 27.5 Å². The maximum Gasteiger partial charge on any atom is 0.222 e. The summed E-state index contributed by atoms with van der Waals surface area (Å²) in [5.41, 5.74) is 16.6. The molecule has 0 aliphatic heterocycles. The van der Waals surface area contributed by atoms with Gasteiger partial charge in [0, 0.05) is 13.3 Å². The molecular formula is C6H12N6OS. The van der Waals surface area contributed by atoms with Gasteiger partial charge in [0.05, 0.1) is 10.8 Å². The molecule has 0 saturated carbocycles. The van der Waals surface area contributed by atoms with E-state index in [0.29, 0.717) is 5.82 Å². The van der Waals surface area contributed by atoms with Crippen LogP contribution in [0.2, 0.25) is 0 Å². The van der Waals surface area contributed by atoms with Crippen molar-refractivity contribution < 1.29 is 4.21 Å². The lowest BCUT2D eigenvalue weighted by Gasteiger charge is -2.09. The van der Waals surface area contributed by atoms with Crippen LogP contribution in [0, 0.1) is 0 Å². The molecule has 8 heteroatoms. The quantitative estimate of drug-likeness (QED) is 0.375. The predicted molar refractivity (Wildman–Crippen MR) is 55.9 cm³/mol. The number of aromatic nitrogens is 2. The molecule has 7 nitrogen and oxygen atoms in total. The topological polar surface area (TPSA) is 119 Å². The first-order valence-corrected chi connectivity index (χ1v) is 5.31. The molecule has 1 heterocycles. The van der Waals surface area contributed by atoms with Crippen molar-refractivity contribution in [1.82, 2.24) is 15.4 Å². The van der Waals surface area contributed by atoms with E-state index in [2.05, 4.69) is 20.8 Å². The molecule has 0 saturated heterocycles. The Kier molecular flexibility index (Phi) is 3.20. The van der Waals surface area contributed by atoms with Crippen molar-refractivity contribution >= 4 is 28.1 Å². The lowest BCUT2D eigenvalue weighted by Crippen LogP contribution is -2.19.